The van der Waals surface area contributed by atoms with Gasteiger partial charge in [-0.2, -0.15) is 13.2 Å². The highest BCUT2D eigenvalue weighted by atomic mass is 19.4. The molecule has 1 aliphatic rings. The van der Waals surface area contributed by atoms with E-state index in [-0.39, 0.29) is 5.84 Å². The van der Waals surface area contributed by atoms with Crippen molar-refractivity contribution in [3.63, 3.8) is 0 Å². The van der Waals surface area contributed by atoms with Gasteiger partial charge in [-0.15, -0.1) is 0 Å². The fraction of sp³-hybridized carbons (Fsp3) is 0.0556. The van der Waals surface area contributed by atoms with Crippen molar-refractivity contribution in [3.05, 3.63) is 127 Å². The van der Waals surface area contributed by atoms with E-state index in [4.69, 9.17) is 0 Å². The first-order valence-corrected chi connectivity index (χ1v) is 14.3. The van der Waals surface area contributed by atoms with Gasteiger partial charge < -0.3 is 10.3 Å². The summed E-state index contributed by atoms with van der Waals surface area (Å²) in [6, 6.07) is 39.8. The van der Waals surface area contributed by atoms with E-state index in [1.165, 1.54) is 16.8 Å². The molecule has 214 valence electrons. The minimum atomic E-state index is -4.50. The molecule has 0 spiro atoms. The van der Waals surface area contributed by atoms with Gasteiger partial charge in [0.1, 0.15) is 0 Å². The van der Waals surface area contributed by atoms with Crippen molar-refractivity contribution in [1.82, 2.24) is 9.13 Å². The van der Waals surface area contributed by atoms with E-state index in [1.807, 2.05) is 28.8 Å². The van der Waals surface area contributed by atoms with Crippen molar-refractivity contribution < 1.29 is 23.9 Å². The number of hydrogen-bond acceptors (Lipinski definition) is 0. The van der Waals surface area contributed by atoms with Crippen LogP contribution >= 0.6 is 0 Å². The number of nitrogens with one attached hydrogen (secondary N) is 1. The van der Waals surface area contributed by atoms with Crippen LogP contribution in [-0.4, -0.2) is 26.9 Å². The van der Waals surface area contributed by atoms with E-state index >= 15 is 0 Å². The molecule has 7 aromatic rings. The summed E-state index contributed by atoms with van der Waals surface area (Å²) in [5.74, 6) is 0.128. The van der Waals surface area contributed by atoms with Gasteiger partial charge in [0.25, 0.3) is 5.71 Å². The van der Waals surface area contributed by atoms with Crippen molar-refractivity contribution >= 4 is 55.2 Å². The number of amidine groups is 1. The van der Waals surface area contributed by atoms with Crippen LogP contribution in [-0.2, 0) is 0 Å². The van der Waals surface area contributed by atoms with Crippen LogP contribution in [0.2, 0.25) is 0 Å². The van der Waals surface area contributed by atoms with E-state index in [1.54, 1.807) is 0 Å². The van der Waals surface area contributed by atoms with Gasteiger partial charge in [0.15, 0.2) is 0 Å². The second-order valence-electron chi connectivity index (χ2n) is 10.9. The molecular weight excluding hydrogens is 559 g/mol. The monoisotopic (exact) mass is 585 g/mol. The molecule has 8 rings (SSSR count). The van der Waals surface area contributed by atoms with Gasteiger partial charge in [-0.05, 0) is 64.7 Å². The maximum Gasteiger partial charge on any atom is 0.457 e. The van der Waals surface area contributed by atoms with E-state index in [2.05, 4.69) is 111 Å². The van der Waals surface area contributed by atoms with Crippen molar-refractivity contribution in [2.45, 2.75) is 12.5 Å². The first kappa shape index (κ1) is 26.2. The normalized spacial score (nSPS) is 15.3. The summed E-state index contributed by atoms with van der Waals surface area (Å²) in [6.07, 6.45) is -2.79. The third-order valence-corrected chi connectivity index (χ3v) is 8.29. The van der Waals surface area contributed by atoms with Gasteiger partial charge in [-0.25, -0.2) is 4.99 Å². The third-order valence-electron chi connectivity index (χ3n) is 8.29. The van der Waals surface area contributed by atoms with Crippen molar-refractivity contribution in [1.29, 1.82) is 0 Å². The van der Waals surface area contributed by atoms with Gasteiger partial charge >= 0.3 is 18.3 Å². The fourth-order valence-corrected chi connectivity index (χ4v) is 6.36. The second-order valence-corrected chi connectivity index (χ2v) is 10.9. The maximum atomic E-state index is 13.1. The smallest absolute Gasteiger partial charge is 0.309 e. The molecule has 5 nitrogen and oxygen atoms in total. The molecule has 1 atom stereocenters. The van der Waals surface area contributed by atoms with Crippen LogP contribution in [0.5, 0.6) is 0 Å². The van der Waals surface area contributed by atoms with Crippen LogP contribution in [0.3, 0.4) is 0 Å². The third kappa shape index (κ3) is 4.14. The summed E-state index contributed by atoms with van der Waals surface area (Å²) in [6.45, 7) is 0. The molecule has 0 saturated heterocycles. The molecule has 0 bridgehead atoms. The average Bonchev–Trinajstić information content (AvgIpc) is 3.73. The predicted molar refractivity (Wildman–Crippen MR) is 170 cm³/mol. The Bertz CT molecular complexity index is 2340. The van der Waals surface area contributed by atoms with Crippen LogP contribution in [0.1, 0.15) is 6.29 Å². The van der Waals surface area contributed by atoms with E-state index in [9.17, 15) is 13.2 Å². The molecule has 0 amide bonds. The summed E-state index contributed by atoms with van der Waals surface area (Å²) in [4.78, 5) is 6.78. The standard InChI is InChI=1S/C36H24F3N5/c37-36(38,39)33-18-19-34(41-33)42-35(40)44-30-13-7-5-11-26(30)28-21-23(15-17-32(28)44)22-14-16-31-27(20-22)25-10-4-6-12-29(25)43(31)24-8-2-1-3-9-24/h1-21,35H,40H2/p+2/b42-34-. The summed E-state index contributed by atoms with van der Waals surface area (Å²) < 4.78 is 43.7. The summed E-state index contributed by atoms with van der Waals surface area (Å²) in [5, 5.41) is 4.43. The van der Waals surface area contributed by atoms with E-state index in [0.717, 1.165) is 55.7 Å². The number of halogens is 3. The number of nitrogens with zero attached hydrogens (tertiary/aromatic N) is 3. The Morgan fingerprint density at radius 2 is 1.16 bits per heavy atom. The van der Waals surface area contributed by atoms with Gasteiger partial charge in [-0.3, -0.25) is 4.57 Å². The second kappa shape index (κ2) is 9.79. The van der Waals surface area contributed by atoms with Crippen molar-refractivity contribution in [2.24, 2.45) is 4.99 Å². The number of rotatable bonds is 4. The first-order valence-electron chi connectivity index (χ1n) is 14.3. The molecule has 44 heavy (non-hydrogen) atoms. The molecule has 2 aromatic heterocycles. The Labute approximate surface area is 249 Å². The van der Waals surface area contributed by atoms with Crippen LogP contribution in [0, 0.1) is 0 Å². The number of quaternary nitrogens is 1. The highest BCUT2D eigenvalue weighted by Crippen LogP contribution is 2.37. The Balaban J connectivity index is 1.26. The van der Waals surface area contributed by atoms with Crippen LogP contribution < -0.4 is 10.7 Å². The number of hydrogen-bond donors (Lipinski definition) is 2. The predicted octanol–water partition coefficient (Wildman–Crippen LogP) is 6.31. The zero-order valence-electron chi connectivity index (χ0n) is 23.4. The summed E-state index contributed by atoms with van der Waals surface area (Å²) >= 11 is 0. The van der Waals surface area contributed by atoms with E-state index < -0.39 is 18.2 Å². The Morgan fingerprint density at radius 1 is 0.614 bits per heavy atom. The molecule has 1 aliphatic heterocycles. The first-order chi connectivity index (χ1) is 21.4. The zero-order valence-corrected chi connectivity index (χ0v) is 23.4. The molecule has 0 aliphatic carbocycles. The number of benzene rings is 5. The van der Waals surface area contributed by atoms with Crippen molar-refractivity contribution in [2.75, 3.05) is 0 Å². The SMILES string of the molecule is [NH3+]C(/[NH+]=C1/C=CC(C(F)(F)F)=N1)n1c2ccccc2c2cc(-c3ccc4c(c3)c3ccccc3n4-c3ccccc3)ccc21. The molecular formula is C36H26F3N5+2. The lowest BCUT2D eigenvalue weighted by Gasteiger charge is -2.09. The molecule has 0 saturated carbocycles. The van der Waals surface area contributed by atoms with Crippen LogP contribution in [0.25, 0.3) is 60.4 Å². The maximum absolute atomic E-state index is 13.1. The minimum Gasteiger partial charge on any atom is -0.309 e. The summed E-state index contributed by atoms with van der Waals surface area (Å²) in [7, 11) is 0. The van der Waals surface area contributed by atoms with Crippen molar-refractivity contribution in [3.8, 4) is 16.8 Å². The number of aromatic nitrogens is 2. The number of para-hydroxylation sites is 3. The Hall–Kier alpha value is -5.47. The zero-order chi connectivity index (χ0) is 30.0. The minimum absolute atomic E-state index is 0.128. The lowest BCUT2D eigenvalue weighted by Crippen LogP contribution is -2.89. The molecule has 4 N–H and O–H groups in total. The van der Waals surface area contributed by atoms with Crippen LogP contribution in [0.4, 0.5) is 13.2 Å². The fourth-order valence-electron chi connectivity index (χ4n) is 6.36. The Morgan fingerprint density at radius 3 is 1.84 bits per heavy atom. The molecule has 0 radical (unpaired) electrons. The average molecular weight is 586 g/mol. The quantitative estimate of drug-likeness (QED) is 0.228. The molecule has 5 aromatic carbocycles. The van der Waals surface area contributed by atoms with Gasteiger partial charge in [-0.1, -0.05) is 66.7 Å². The molecule has 8 heteroatoms. The lowest BCUT2D eigenvalue weighted by atomic mass is 10.0. The van der Waals surface area contributed by atoms with Gasteiger partial charge in [0, 0.05) is 39.4 Å². The number of aliphatic imine (C=N–C) groups is 1. The van der Waals surface area contributed by atoms with Gasteiger partial charge in [0.2, 0.25) is 0 Å². The molecule has 0 fully saturated rings. The summed E-state index contributed by atoms with van der Waals surface area (Å²) in [5.41, 5.74) is 10.7. The number of fused-ring (bicyclic) bond motifs is 6. The largest absolute Gasteiger partial charge is 0.457 e. The number of allylic oxidation sites excluding steroid dienone is 1. The molecule has 1 unspecified atom stereocenters. The number of alkyl halides is 3. The van der Waals surface area contributed by atoms with Crippen LogP contribution in [0.15, 0.2) is 132 Å². The highest BCUT2D eigenvalue weighted by molar-refractivity contribution is 6.15. The Kier molecular flexibility index (Phi) is 5.82. The topological polar surface area (TPSA) is 63.8 Å². The highest BCUT2D eigenvalue weighted by Gasteiger charge is 2.41. The van der Waals surface area contributed by atoms with E-state index in [0.29, 0.717) is 0 Å². The van der Waals surface area contributed by atoms with Gasteiger partial charge in [0.05, 0.1) is 22.1 Å². The lowest BCUT2D eigenvalue weighted by molar-refractivity contribution is -0.731. The molecule has 3 heterocycles.